The van der Waals surface area contributed by atoms with E-state index in [2.05, 4.69) is 0 Å². The second kappa shape index (κ2) is 7.09. The van der Waals surface area contributed by atoms with Gasteiger partial charge >= 0.3 is 16.3 Å². The van der Waals surface area contributed by atoms with Crippen molar-refractivity contribution in [2.45, 2.75) is 52.2 Å². The number of nitrogens with one attached hydrogen (secondary N) is 1. The summed E-state index contributed by atoms with van der Waals surface area (Å²) < 4.78 is 47.8. The molecule has 174 valence electrons. The van der Waals surface area contributed by atoms with E-state index in [0.29, 0.717) is 9.88 Å². The summed E-state index contributed by atoms with van der Waals surface area (Å²) in [5.41, 5.74) is -0.929. The second-order valence-corrected chi connectivity index (χ2v) is 11.3. The number of phenols is 1. The quantitative estimate of drug-likeness (QED) is 0.706. The molecule has 0 aromatic heterocycles. The van der Waals surface area contributed by atoms with Gasteiger partial charge in [0, 0.05) is 5.56 Å². The van der Waals surface area contributed by atoms with Crippen LogP contribution in [-0.4, -0.2) is 55.2 Å². The molecule has 4 rings (SSSR count). The third-order valence-corrected chi connectivity index (χ3v) is 7.30. The highest BCUT2D eigenvalue weighted by atomic mass is 32.2. The molecule has 0 bridgehead atoms. The number of phenolic OH excluding ortho intramolecular Hbond substituents is 1. The molecule has 11 heteroatoms. The molecule has 2 fully saturated rings. The number of hydrogen-bond acceptors (Lipinski definition) is 6. The predicted molar refractivity (Wildman–Crippen MR) is 115 cm³/mol. The Morgan fingerprint density at radius 1 is 1.28 bits per heavy atom. The Morgan fingerprint density at radius 3 is 2.47 bits per heavy atom. The number of amides is 2. The van der Waals surface area contributed by atoms with Gasteiger partial charge in [-0.2, -0.15) is 8.42 Å². The number of hydrogen-bond donors (Lipinski definition) is 2. The number of carbonyl (C=O) groups excluding carboxylic acids is 2. The van der Waals surface area contributed by atoms with Gasteiger partial charge in [-0.1, -0.05) is 13.0 Å². The molecule has 0 radical (unpaired) electrons. The number of nitrogens with zero attached hydrogens (tertiary/aromatic N) is 2. The summed E-state index contributed by atoms with van der Waals surface area (Å²) in [6.45, 7) is 6.77. The van der Waals surface area contributed by atoms with E-state index < -0.39 is 51.6 Å². The van der Waals surface area contributed by atoms with Crippen LogP contribution in [0, 0.1) is 11.2 Å². The van der Waals surface area contributed by atoms with Gasteiger partial charge < -0.3 is 9.84 Å². The van der Waals surface area contributed by atoms with Gasteiger partial charge in [0.1, 0.15) is 23.6 Å². The molecule has 1 saturated heterocycles. The maximum absolute atomic E-state index is 15.6. The number of anilines is 1. The molecule has 2 heterocycles. The lowest BCUT2D eigenvalue weighted by molar-refractivity contribution is -0.117. The van der Waals surface area contributed by atoms with E-state index in [-0.39, 0.29) is 23.6 Å². The Morgan fingerprint density at radius 2 is 1.94 bits per heavy atom. The summed E-state index contributed by atoms with van der Waals surface area (Å²) >= 11 is 0. The zero-order valence-corrected chi connectivity index (χ0v) is 19.1. The minimum absolute atomic E-state index is 0.0488. The van der Waals surface area contributed by atoms with Crippen molar-refractivity contribution in [1.29, 1.82) is 0 Å². The van der Waals surface area contributed by atoms with Crippen molar-refractivity contribution >= 4 is 33.5 Å². The lowest BCUT2D eigenvalue weighted by Gasteiger charge is -2.31. The number of ether oxygens (including phenoxy) is 1. The Bertz CT molecular complexity index is 1140. The van der Waals surface area contributed by atoms with Gasteiger partial charge in [-0.15, -0.1) is 0 Å². The third-order valence-electron chi connectivity index (χ3n) is 5.93. The average molecular weight is 468 g/mol. The summed E-state index contributed by atoms with van der Waals surface area (Å²) in [4.78, 5) is 26.0. The maximum atomic E-state index is 15.6. The van der Waals surface area contributed by atoms with E-state index in [1.165, 1.54) is 12.1 Å². The van der Waals surface area contributed by atoms with Crippen molar-refractivity contribution in [3.8, 4) is 5.75 Å². The van der Waals surface area contributed by atoms with Gasteiger partial charge in [0.25, 0.3) is 5.91 Å². The topological polar surface area (TPSA) is 116 Å². The normalized spacial score (nSPS) is 23.7. The first-order valence-corrected chi connectivity index (χ1v) is 11.7. The fraction of sp³-hybridized carbons (Fsp3) is 0.524. The highest BCUT2D eigenvalue weighted by Gasteiger charge is 2.51. The molecule has 0 spiro atoms. The monoisotopic (exact) mass is 467 g/mol. The lowest BCUT2D eigenvalue weighted by atomic mass is 9.97. The third kappa shape index (κ3) is 3.89. The van der Waals surface area contributed by atoms with Gasteiger partial charge in [-0.05, 0) is 56.7 Å². The van der Waals surface area contributed by atoms with Crippen molar-refractivity contribution < 1.29 is 32.2 Å². The minimum Gasteiger partial charge on any atom is -0.506 e. The summed E-state index contributed by atoms with van der Waals surface area (Å²) in [6.07, 6.45) is 3.10. The van der Waals surface area contributed by atoms with E-state index in [1.54, 1.807) is 36.5 Å². The molecule has 2 aliphatic heterocycles. The molecule has 1 unspecified atom stereocenters. The molecule has 32 heavy (non-hydrogen) atoms. The first kappa shape index (κ1) is 22.4. The van der Waals surface area contributed by atoms with E-state index in [1.807, 2.05) is 6.92 Å². The molecule has 1 atom stereocenters. The molecule has 1 saturated carbocycles. The molecule has 1 aliphatic carbocycles. The molecule has 9 nitrogen and oxygen atoms in total. The number of benzene rings is 1. The fourth-order valence-electron chi connectivity index (χ4n) is 4.04. The highest BCUT2D eigenvalue weighted by Crippen LogP contribution is 2.53. The van der Waals surface area contributed by atoms with Crippen LogP contribution in [0.4, 0.5) is 14.9 Å². The second-order valence-electron chi connectivity index (χ2n) is 9.73. The zero-order valence-electron chi connectivity index (χ0n) is 18.3. The molecular formula is C21H26FN3O6S. The summed E-state index contributed by atoms with van der Waals surface area (Å²) in [5, 5.41) is 10.2. The van der Waals surface area contributed by atoms with Crippen LogP contribution >= 0.6 is 0 Å². The van der Waals surface area contributed by atoms with Gasteiger partial charge in [0.05, 0.1) is 12.6 Å². The van der Waals surface area contributed by atoms with Crippen LogP contribution in [0.15, 0.2) is 18.2 Å². The molecule has 1 aromatic carbocycles. The van der Waals surface area contributed by atoms with E-state index >= 15 is 4.39 Å². The minimum atomic E-state index is -4.31. The Hall–Kier alpha value is -2.82. The van der Waals surface area contributed by atoms with Crippen molar-refractivity contribution in [3.63, 3.8) is 0 Å². The maximum Gasteiger partial charge on any atom is 0.411 e. The van der Waals surface area contributed by atoms with Crippen molar-refractivity contribution in [2.75, 3.05) is 17.4 Å². The Kier molecular flexibility index (Phi) is 4.96. The van der Waals surface area contributed by atoms with Crippen LogP contribution in [0.5, 0.6) is 5.75 Å². The molecule has 2 N–H and O–H groups in total. The fourth-order valence-corrected chi connectivity index (χ4v) is 5.21. The number of halogens is 1. The van der Waals surface area contributed by atoms with E-state index in [4.69, 9.17) is 4.74 Å². The summed E-state index contributed by atoms with van der Waals surface area (Å²) in [7, 11) is -4.31. The first-order chi connectivity index (χ1) is 14.7. The number of aromatic hydroxyl groups is 1. The molecular weight excluding hydrogens is 441 g/mol. The van der Waals surface area contributed by atoms with Crippen molar-refractivity contribution in [2.24, 2.45) is 5.41 Å². The van der Waals surface area contributed by atoms with Crippen LogP contribution in [-0.2, 0) is 19.7 Å². The van der Waals surface area contributed by atoms with Crippen LogP contribution in [0.2, 0.25) is 0 Å². The van der Waals surface area contributed by atoms with Crippen LogP contribution in [0.1, 0.15) is 46.1 Å². The summed E-state index contributed by atoms with van der Waals surface area (Å²) in [5.74, 6) is -2.42. The number of rotatable bonds is 3. The van der Waals surface area contributed by atoms with E-state index in [0.717, 1.165) is 12.8 Å². The number of carbonyl (C=O) groups is 2. The van der Waals surface area contributed by atoms with Crippen LogP contribution in [0.25, 0.3) is 5.57 Å². The molecule has 3 aliphatic rings. The first-order valence-electron chi connectivity index (χ1n) is 10.3. The predicted octanol–water partition coefficient (Wildman–Crippen LogP) is 2.52. The van der Waals surface area contributed by atoms with Gasteiger partial charge in [-0.25, -0.2) is 18.2 Å². The van der Waals surface area contributed by atoms with Gasteiger partial charge in [-0.3, -0.25) is 9.69 Å². The Balaban J connectivity index is 1.73. The summed E-state index contributed by atoms with van der Waals surface area (Å²) in [6, 6.07) is 2.21. The highest BCUT2D eigenvalue weighted by molar-refractivity contribution is 7.92. The van der Waals surface area contributed by atoms with Crippen LogP contribution < -0.4 is 9.03 Å². The van der Waals surface area contributed by atoms with Gasteiger partial charge in [0.15, 0.2) is 5.82 Å². The lowest BCUT2D eigenvalue weighted by Crippen LogP contribution is -2.43. The van der Waals surface area contributed by atoms with Gasteiger partial charge in [0.2, 0.25) is 0 Å². The molecule has 1 aromatic rings. The van der Waals surface area contributed by atoms with Crippen molar-refractivity contribution in [3.05, 3.63) is 29.6 Å². The zero-order chi connectivity index (χ0) is 23.6. The Labute approximate surface area is 186 Å². The smallest absolute Gasteiger partial charge is 0.411 e. The SMILES string of the molecule is CC(C)(C)OC(=O)N1CC(c2ccc(O)c(N3CC(=O)NS3(=O)=O)c2F)=CC1C1(C)CC1. The van der Waals surface area contributed by atoms with Crippen LogP contribution in [0.3, 0.4) is 0 Å². The molecule has 2 amide bonds. The largest absolute Gasteiger partial charge is 0.506 e. The van der Waals surface area contributed by atoms with Crippen molar-refractivity contribution in [1.82, 2.24) is 9.62 Å². The average Bonchev–Trinajstić information content (AvgIpc) is 3.12. The standard InChI is InChI=1S/C21H26FN3O6S/c1-20(2,3)31-19(28)24-10-12(9-15(24)21(4)7-8-21)13-5-6-14(26)18(17(13)22)25-11-16(27)23-32(25,29)30/h5-6,9,15,26H,7-8,10-11H2,1-4H3,(H,23,27). The van der Waals surface area contributed by atoms with E-state index in [9.17, 15) is 23.1 Å².